The van der Waals surface area contributed by atoms with Crippen LogP contribution in [0.3, 0.4) is 0 Å². The molecule has 0 aliphatic carbocycles. The van der Waals surface area contributed by atoms with Gasteiger partial charge >= 0.3 is 12.3 Å². The number of nitrogens with zero attached hydrogens (tertiary/aromatic N) is 2. The number of rotatable bonds is 5. The summed E-state index contributed by atoms with van der Waals surface area (Å²) >= 11 is 0. The van der Waals surface area contributed by atoms with Crippen molar-refractivity contribution in [3.05, 3.63) is 23.8 Å². The van der Waals surface area contributed by atoms with Gasteiger partial charge in [0, 0.05) is 26.2 Å². The van der Waals surface area contributed by atoms with Gasteiger partial charge in [-0.1, -0.05) is 0 Å². The van der Waals surface area contributed by atoms with Crippen LogP contribution in [-0.2, 0) is 4.79 Å². The van der Waals surface area contributed by atoms with Crippen molar-refractivity contribution >= 4 is 30.0 Å². The third-order valence-electron chi connectivity index (χ3n) is 3.69. The second-order valence-electron chi connectivity index (χ2n) is 5.69. The summed E-state index contributed by atoms with van der Waals surface area (Å²) in [6.07, 6.45) is -4.96. The summed E-state index contributed by atoms with van der Waals surface area (Å²) < 4.78 is 41.2. The normalized spacial score (nSPS) is 15.8. The Hall–Kier alpha value is -2.04. The van der Waals surface area contributed by atoms with Crippen molar-refractivity contribution in [1.82, 2.24) is 9.80 Å². The van der Waals surface area contributed by atoms with Crippen LogP contribution in [0.5, 0.6) is 5.75 Å². The van der Waals surface area contributed by atoms with Crippen molar-refractivity contribution in [1.29, 1.82) is 0 Å². The van der Waals surface area contributed by atoms with Crippen LogP contribution in [0.15, 0.2) is 18.2 Å². The second-order valence-corrected chi connectivity index (χ2v) is 5.69. The molecule has 0 spiro atoms. The number of halogens is 4. The molecular weight excluding hydrogens is 379 g/mol. The Balaban J connectivity index is 0.00000338. The molecule has 2 N–H and O–H groups in total. The largest absolute Gasteiger partial charge is 0.573 e. The lowest BCUT2D eigenvalue weighted by Gasteiger charge is -2.31. The summed E-state index contributed by atoms with van der Waals surface area (Å²) in [6.45, 7) is 2.88. The van der Waals surface area contributed by atoms with Gasteiger partial charge < -0.3 is 20.1 Å². The number of nitrogens with one attached hydrogen (secondary N) is 1. The molecule has 1 saturated heterocycles. The molecule has 26 heavy (non-hydrogen) atoms. The molecule has 0 saturated carbocycles. The van der Waals surface area contributed by atoms with Crippen LogP contribution in [0.4, 0.5) is 18.9 Å². The number of benzene rings is 1. The van der Waals surface area contributed by atoms with Crippen molar-refractivity contribution in [2.45, 2.75) is 6.36 Å². The van der Waals surface area contributed by atoms with E-state index in [0.717, 1.165) is 31.3 Å². The Morgan fingerprint density at radius 1 is 1.23 bits per heavy atom. The van der Waals surface area contributed by atoms with Gasteiger partial charge in [0.1, 0.15) is 0 Å². The summed E-state index contributed by atoms with van der Waals surface area (Å²) in [5, 5.41) is 11.3. The van der Waals surface area contributed by atoms with Crippen LogP contribution in [-0.4, -0.2) is 72.9 Å². The molecule has 1 heterocycles. The minimum absolute atomic E-state index is 0. The highest BCUT2D eigenvalue weighted by Crippen LogP contribution is 2.31. The third-order valence-corrected chi connectivity index (χ3v) is 3.69. The number of amides is 1. The Kier molecular flexibility index (Phi) is 7.67. The standard InChI is InChI=1S/C15H18F3N3O4.ClH/c1-20-4-6-21(7-5-20)9-13(22)19-11-8-10(14(23)24)2-3-12(11)25-15(16,17)18;/h2-3,8H,4-7,9H2,1H3,(H,19,22)(H,23,24);1H. The van der Waals surface area contributed by atoms with E-state index in [2.05, 4.69) is 15.0 Å². The number of alkyl halides is 3. The average Bonchev–Trinajstić information content (AvgIpc) is 2.49. The zero-order valence-corrected chi connectivity index (χ0v) is 14.7. The molecule has 11 heteroatoms. The molecule has 1 aromatic carbocycles. The fraction of sp³-hybridized carbons (Fsp3) is 0.467. The molecule has 1 aromatic rings. The number of likely N-dealkylation sites (N-methyl/N-ethyl adjacent to an activating group) is 1. The molecule has 0 bridgehead atoms. The van der Waals surface area contributed by atoms with E-state index in [-0.39, 0.29) is 30.2 Å². The topological polar surface area (TPSA) is 82.1 Å². The molecule has 0 radical (unpaired) electrons. The quantitative estimate of drug-likeness (QED) is 0.789. The first-order valence-electron chi connectivity index (χ1n) is 7.48. The van der Waals surface area contributed by atoms with Crippen molar-refractivity contribution in [2.24, 2.45) is 0 Å². The predicted octanol–water partition coefficient (Wildman–Crippen LogP) is 1.89. The van der Waals surface area contributed by atoms with Gasteiger partial charge in [-0.3, -0.25) is 9.69 Å². The van der Waals surface area contributed by atoms with Gasteiger partial charge in [-0.05, 0) is 25.2 Å². The summed E-state index contributed by atoms with van der Waals surface area (Å²) in [4.78, 5) is 27.1. The smallest absolute Gasteiger partial charge is 0.478 e. The van der Waals surface area contributed by atoms with Crippen molar-refractivity contribution in [3.63, 3.8) is 0 Å². The highest BCUT2D eigenvalue weighted by Gasteiger charge is 2.32. The van der Waals surface area contributed by atoms with Crippen LogP contribution < -0.4 is 10.1 Å². The number of piperazine rings is 1. The summed E-state index contributed by atoms with van der Waals surface area (Å²) in [5.41, 5.74) is -0.597. The van der Waals surface area contributed by atoms with Crippen molar-refractivity contribution in [2.75, 3.05) is 45.1 Å². The average molecular weight is 398 g/mol. The Morgan fingerprint density at radius 3 is 2.38 bits per heavy atom. The van der Waals surface area contributed by atoms with E-state index in [9.17, 15) is 22.8 Å². The minimum Gasteiger partial charge on any atom is -0.478 e. The molecule has 1 aliphatic rings. The first kappa shape index (κ1) is 22.0. The SMILES string of the molecule is CN1CCN(CC(=O)Nc2cc(C(=O)O)ccc2OC(F)(F)F)CC1.Cl. The van der Waals surface area contributed by atoms with Gasteiger partial charge in [-0.25, -0.2) is 4.79 Å². The molecule has 0 unspecified atom stereocenters. The molecule has 0 aromatic heterocycles. The van der Waals surface area contributed by atoms with Gasteiger partial charge in [-0.15, -0.1) is 25.6 Å². The number of anilines is 1. The first-order valence-corrected chi connectivity index (χ1v) is 7.48. The van der Waals surface area contributed by atoms with Crippen molar-refractivity contribution < 1.29 is 32.6 Å². The van der Waals surface area contributed by atoms with E-state index in [0.29, 0.717) is 13.1 Å². The van der Waals surface area contributed by atoms with Crippen LogP contribution in [0.1, 0.15) is 10.4 Å². The zero-order valence-electron chi connectivity index (χ0n) is 13.9. The first-order chi connectivity index (χ1) is 11.6. The lowest BCUT2D eigenvalue weighted by molar-refractivity contribution is -0.274. The molecule has 146 valence electrons. The molecule has 7 nitrogen and oxygen atoms in total. The van der Waals surface area contributed by atoms with Crippen LogP contribution in [0.2, 0.25) is 0 Å². The van der Waals surface area contributed by atoms with E-state index in [4.69, 9.17) is 5.11 Å². The molecule has 1 amide bonds. The van der Waals surface area contributed by atoms with E-state index < -0.39 is 24.0 Å². The number of carbonyl (C=O) groups is 2. The molecule has 1 aliphatic heterocycles. The number of hydrogen-bond donors (Lipinski definition) is 2. The fourth-order valence-electron chi connectivity index (χ4n) is 2.37. The lowest BCUT2D eigenvalue weighted by atomic mass is 10.2. The highest BCUT2D eigenvalue weighted by molar-refractivity contribution is 5.96. The van der Waals surface area contributed by atoms with E-state index in [1.54, 1.807) is 0 Å². The predicted molar refractivity (Wildman–Crippen MR) is 89.9 cm³/mol. The van der Waals surface area contributed by atoms with Gasteiger partial charge in [0.15, 0.2) is 5.75 Å². The van der Waals surface area contributed by atoms with Crippen molar-refractivity contribution in [3.8, 4) is 5.75 Å². The fourth-order valence-corrected chi connectivity index (χ4v) is 2.37. The van der Waals surface area contributed by atoms with Gasteiger partial charge in [0.25, 0.3) is 0 Å². The van der Waals surface area contributed by atoms with Gasteiger partial charge in [0.2, 0.25) is 5.91 Å². The number of carboxylic acid groups (broad SMARTS) is 1. The maximum absolute atomic E-state index is 12.5. The third kappa shape index (κ3) is 6.70. The summed E-state index contributed by atoms with van der Waals surface area (Å²) in [7, 11) is 1.95. The van der Waals surface area contributed by atoms with E-state index in [1.165, 1.54) is 0 Å². The maximum atomic E-state index is 12.5. The Labute approximate surface area is 154 Å². The van der Waals surface area contributed by atoms with Crippen LogP contribution >= 0.6 is 12.4 Å². The highest BCUT2D eigenvalue weighted by atomic mass is 35.5. The number of carbonyl (C=O) groups excluding carboxylic acids is 1. The Morgan fingerprint density at radius 2 is 1.85 bits per heavy atom. The second kappa shape index (κ2) is 9.06. The van der Waals surface area contributed by atoms with Gasteiger partial charge in [0.05, 0.1) is 17.8 Å². The van der Waals surface area contributed by atoms with Gasteiger partial charge in [-0.2, -0.15) is 0 Å². The van der Waals surface area contributed by atoms with Crippen LogP contribution in [0.25, 0.3) is 0 Å². The van der Waals surface area contributed by atoms with E-state index >= 15 is 0 Å². The van der Waals surface area contributed by atoms with E-state index in [1.807, 2.05) is 11.9 Å². The molecular formula is C15H19ClF3N3O4. The minimum atomic E-state index is -4.96. The van der Waals surface area contributed by atoms with Crippen LogP contribution in [0, 0.1) is 0 Å². The zero-order chi connectivity index (χ0) is 18.6. The molecule has 2 rings (SSSR count). The monoisotopic (exact) mass is 397 g/mol. The Bertz CT molecular complexity index is 650. The lowest BCUT2D eigenvalue weighted by Crippen LogP contribution is -2.47. The number of carboxylic acids is 1. The number of ether oxygens (including phenoxy) is 1. The molecule has 1 fully saturated rings. The summed E-state index contributed by atoms with van der Waals surface area (Å²) in [6, 6.07) is 2.77. The maximum Gasteiger partial charge on any atom is 0.573 e. The number of aromatic carboxylic acids is 1. The molecule has 0 atom stereocenters. The summed E-state index contributed by atoms with van der Waals surface area (Å²) in [5.74, 6) is -2.53. The number of hydrogen-bond acceptors (Lipinski definition) is 5.